The van der Waals surface area contributed by atoms with Crippen LogP contribution in [-0.4, -0.2) is 43.9 Å². The molecule has 2 aromatic heterocycles. The standard InChI is InChI=1S/C27H23F3N6O3/c28-27(29,30)24-22(13-31-33-25(24)37)35-14-18-4-1-2-7-21(18)23(35)16-39-20-6-3-5-17(12-20)26(38)34-10-11-36-19(15-34)8-9-32-36/h1-9,12-13,23H,10-11,14-16H2,(H,33,37). The van der Waals surface area contributed by atoms with Crippen LogP contribution in [0.4, 0.5) is 18.9 Å². The summed E-state index contributed by atoms with van der Waals surface area (Å²) in [7, 11) is 0. The van der Waals surface area contributed by atoms with Crippen molar-refractivity contribution in [1.82, 2.24) is 24.9 Å². The van der Waals surface area contributed by atoms with Gasteiger partial charge < -0.3 is 14.5 Å². The van der Waals surface area contributed by atoms with E-state index < -0.39 is 23.3 Å². The van der Waals surface area contributed by atoms with E-state index in [0.29, 0.717) is 30.9 Å². The van der Waals surface area contributed by atoms with Crippen LogP contribution in [0.5, 0.6) is 5.75 Å². The lowest BCUT2D eigenvalue weighted by atomic mass is 10.1. The number of fused-ring (bicyclic) bond motifs is 2. The molecule has 39 heavy (non-hydrogen) atoms. The van der Waals surface area contributed by atoms with Gasteiger partial charge in [-0.3, -0.25) is 14.3 Å². The maximum Gasteiger partial charge on any atom is 0.423 e. The van der Waals surface area contributed by atoms with Gasteiger partial charge in [0.25, 0.3) is 11.5 Å². The highest BCUT2D eigenvalue weighted by molar-refractivity contribution is 5.94. The molecule has 0 saturated heterocycles. The van der Waals surface area contributed by atoms with E-state index in [9.17, 15) is 22.8 Å². The molecule has 2 aliphatic heterocycles. The second kappa shape index (κ2) is 9.61. The number of hydrogen-bond donors (Lipinski definition) is 1. The summed E-state index contributed by atoms with van der Waals surface area (Å²) in [4.78, 5) is 28.6. The maximum absolute atomic E-state index is 13.9. The second-order valence-electron chi connectivity index (χ2n) is 9.41. The zero-order valence-corrected chi connectivity index (χ0v) is 20.6. The van der Waals surface area contributed by atoms with Gasteiger partial charge in [0.2, 0.25) is 0 Å². The minimum atomic E-state index is -4.87. The van der Waals surface area contributed by atoms with E-state index in [-0.39, 0.29) is 24.7 Å². The van der Waals surface area contributed by atoms with Crippen molar-refractivity contribution in [1.29, 1.82) is 0 Å². The van der Waals surface area contributed by atoms with Gasteiger partial charge in [-0.05, 0) is 35.4 Å². The number of benzene rings is 2. The van der Waals surface area contributed by atoms with Crippen LogP contribution >= 0.6 is 0 Å². The third kappa shape index (κ3) is 4.62. The van der Waals surface area contributed by atoms with E-state index in [2.05, 4.69) is 10.2 Å². The summed E-state index contributed by atoms with van der Waals surface area (Å²) in [6.07, 6.45) is -2.14. The summed E-state index contributed by atoms with van der Waals surface area (Å²) in [6, 6.07) is 15.3. The molecule has 6 rings (SSSR count). The lowest BCUT2D eigenvalue weighted by Crippen LogP contribution is -2.38. The quantitative estimate of drug-likeness (QED) is 0.417. The molecule has 4 heterocycles. The number of rotatable bonds is 5. The van der Waals surface area contributed by atoms with Crippen molar-refractivity contribution in [2.24, 2.45) is 0 Å². The summed E-state index contributed by atoms with van der Waals surface area (Å²) in [5, 5.41) is 9.76. The van der Waals surface area contributed by atoms with Crippen molar-refractivity contribution in [3.8, 4) is 5.75 Å². The molecule has 0 spiro atoms. The van der Waals surface area contributed by atoms with Gasteiger partial charge in [0.1, 0.15) is 17.9 Å². The van der Waals surface area contributed by atoms with Crippen LogP contribution in [0.1, 0.15) is 38.8 Å². The van der Waals surface area contributed by atoms with Crippen molar-refractivity contribution in [3.05, 3.63) is 105 Å². The summed E-state index contributed by atoms with van der Waals surface area (Å²) in [6.45, 7) is 1.73. The number of nitrogens with one attached hydrogen (secondary N) is 1. The van der Waals surface area contributed by atoms with E-state index in [1.54, 1.807) is 41.4 Å². The molecule has 4 aromatic rings. The van der Waals surface area contributed by atoms with Gasteiger partial charge in [-0.1, -0.05) is 30.3 Å². The molecule has 9 nitrogen and oxygen atoms in total. The molecule has 0 radical (unpaired) electrons. The Hall–Kier alpha value is -4.61. The van der Waals surface area contributed by atoms with Crippen molar-refractivity contribution in [2.75, 3.05) is 18.1 Å². The van der Waals surface area contributed by atoms with Gasteiger partial charge in [-0.25, -0.2) is 5.10 Å². The number of halogens is 3. The number of anilines is 1. The fraction of sp³-hybridized carbons (Fsp3) is 0.259. The topological polar surface area (TPSA) is 96.3 Å². The van der Waals surface area contributed by atoms with E-state index >= 15 is 0 Å². The number of alkyl halides is 3. The highest BCUT2D eigenvalue weighted by Crippen LogP contribution is 2.42. The highest BCUT2D eigenvalue weighted by atomic mass is 19.4. The number of amides is 1. The number of carbonyl (C=O) groups excluding carboxylic acids is 1. The Morgan fingerprint density at radius 3 is 2.77 bits per heavy atom. The van der Waals surface area contributed by atoms with Crippen molar-refractivity contribution < 1.29 is 22.7 Å². The molecule has 1 N–H and O–H groups in total. The Labute approximate surface area is 220 Å². The molecule has 1 unspecified atom stereocenters. The average molecular weight is 537 g/mol. The van der Waals surface area contributed by atoms with Crippen LogP contribution in [0, 0.1) is 0 Å². The molecule has 1 atom stereocenters. The molecular formula is C27H23F3N6O3. The van der Waals surface area contributed by atoms with Crippen LogP contribution in [0.15, 0.2) is 71.8 Å². The van der Waals surface area contributed by atoms with E-state index in [4.69, 9.17) is 4.74 Å². The number of nitrogens with zero attached hydrogens (tertiary/aromatic N) is 5. The van der Waals surface area contributed by atoms with Gasteiger partial charge in [0, 0.05) is 24.8 Å². The number of hydrogen-bond acceptors (Lipinski definition) is 6. The highest BCUT2D eigenvalue weighted by Gasteiger charge is 2.42. The van der Waals surface area contributed by atoms with Crippen LogP contribution in [0.25, 0.3) is 0 Å². The first-order chi connectivity index (χ1) is 18.8. The fourth-order valence-corrected chi connectivity index (χ4v) is 5.21. The Balaban J connectivity index is 1.25. The van der Waals surface area contributed by atoms with Gasteiger partial charge in [-0.2, -0.15) is 23.4 Å². The molecule has 0 aliphatic carbocycles. The van der Waals surface area contributed by atoms with Gasteiger partial charge in [-0.15, -0.1) is 0 Å². The summed E-state index contributed by atoms with van der Waals surface area (Å²) in [5.74, 6) is 0.262. The molecule has 2 aliphatic rings. The average Bonchev–Trinajstić information content (AvgIpc) is 3.55. The van der Waals surface area contributed by atoms with Crippen LogP contribution in [0.2, 0.25) is 0 Å². The Morgan fingerprint density at radius 2 is 1.92 bits per heavy atom. The predicted molar refractivity (Wildman–Crippen MR) is 134 cm³/mol. The molecule has 0 saturated carbocycles. The Kier molecular flexibility index (Phi) is 6.09. The number of aromatic nitrogens is 4. The fourth-order valence-electron chi connectivity index (χ4n) is 5.21. The molecule has 2 aromatic carbocycles. The van der Waals surface area contributed by atoms with E-state index in [1.165, 1.54) is 4.90 Å². The van der Waals surface area contributed by atoms with Crippen LogP contribution in [0.3, 0.4) is 0 Å². The van der Waals surface area contributed by atoms with Gasteiger partial charge >= 0.3 is 6.18 Å². The number of H-pyrrole nitrogens is 1. The largest absolute Gasteiger partial charge is 0.491 e. The summed E-state index contributed by atoms with van der Waals surface area (Å²) in [5.41, 5.74) is 0.102. The molecule has 12 heteroatoms. The first-order valence-electron chi connectivity index (χ1n) is 12.3. The summed E-state index contributed by atoms with van der Waals surface area (Å²) >= 11 is 0. The number of aromatic amines is 1. The third-order valence-electron chi connectivity index (χ3n) is 7.08. The van der Waals surface area contributed by atoms with Crippen LogP contribution < -0.4 is 15.2 Å². The lowest BCUT2D eigenvalue weighted by Gasteiger charge is -2.29. The van der Waals surface area contributed by atoms with Crippen molar-refractivity contribution in [3.63, 3.8) is 0 Å². The first kappa shape index (κ1) is 24.7. The lowest BCUT2D eigenvalue weighted by molar-refractivity contribution is -0.138. The molecular weight excluding hydrogens is 513 g/mol. The smallest absolute Gasteiger partial charge is 0.423 e. The van der Waals surface area contributed by atoms with Crippen LogP contribution in [-0.2, 0) is 25.8 Å². The maximum atomic E-state index is 13.9. The monoisotopic (exact) mass is 536 g/mol. The van der Waals surface area contributed by atoms with Crippen molar-refractivity contribution in [2.45, 2.75) is 31.9 Å². The first-order valence-corrected chi connectivity index (χ1v) is 12.3. The SMILES string of the molecule is O=C(c1cccc(OCC2c3ccccc3CN2c2cn[nH]c(=O)c2C(F)(F)F)c1)N1CCn2nccc2C1. The summed E-state index contributed by atoms with van der Waals surface area (Å²) < 4.78 is 49.5. The molecule has 0 fully saturated rings. The zero-order chi connectivity index (χ0) is 27.1. The third-order valence-corrected chi connectivity index (χ3v) is 7.08. The normalized spacial score (nSPS) is 16.6. The molecule has 200 valence electrons. The Bertz CT molecular complexity index is 1600. The van der Waals surface area contributed by atoms with Gasteiger partial charge in [0.15, 0.2) is 0 Å². The minimum absolute atomic E-state index is 0.0122. The second-order valence-corrected chi connectivity index (χ2v) is 9.41. The van der Waals surface area contributed by atoms with Crippen molar-refractivity contribution >= 4 is 11.6 Å². The molecule has 0 bridgehead atoms. The van der Waals surface area contributed by atoms with E-state index in [0.717, 1.165) is 23.0 Å². The van der Waals surface area contributed by atoms with Gasteiger partial charge in [0.05, 0.1) is 36.7 Å². The predicted octanol–water partition coefficient (Wildman–Crippen LogP) is 3.78. The minimum Gasteiger partial charge on any atom is -0.491 e. The number of ether oxygens (including phenoxy) is 1. The molecule has 1 amide bonds. The number of carbonyl (C=O) groups is 1. The Morgan fingerprint density at radius 1 is 1.08 bits per heavy atom. The zero-order valence-electron chi connectivity index (χ0n) is 20.6. The van der Waals surface area contributed by atoms with E-state index in [1.807, 2.05) is 34.0 Å².